The third kappa shape index (κ3) is 2.79. The first-order valence-corrected chi connectivity index (χ1v) is 7.46. The lowest BCUT2D eigenvalue weighted by Crippen LogP contribution is -1.94. The van der Waals surface area contributed by atoms with Crippen LogP contribution in [-0.2, 0) is 0 Å². The highest BCUT2D eigenvalue weighted by atomic mass is 79.9. The van der Waals surface area contributed by atoms with Crippen LogP contribution in [0, 0.1) is 0 Å². The molecule has 20 heavy (non-hydrogen) atoms. The van der Waals surface area contributed by atoms with Crippen LogP contribution in [0.1, 0.15) is 16.5 Å². The summed E-state index contributed by atoms with van der Waals surface area (Å²) in [6.07, 6.45) is 3.78. The van der Waals surface area contributed by atoms with Crippen molar-refractivity contribution in [3.63, 3.8) is 0 Å². The summed E-state index contributed by atoms with van der Waals surface area (Å²) in [6, 6.07) is 18.0. The quantitative estimate of drug-likeness (QED) is 0.612. The average Bonchev–Trinajstić information content (AvgIpc) is 2.97. The minimum Gasteiger partial charge on any atom is -0.241 e. The minimum absolute atomic E-state index is 0.204. The Balaban J connectivity index is 1.90. The van der Waals surface area contributed by atoms with E-state index in [4.69, 9.17) is 11.6 Å². The number of hydrogen-bond donors (Lipinski definition) is 0. The van der Waals surface area contributed by atoms with Crippen molar-refractivity contribution >= 4 is 27.5 Å². The number of nitrogens with zero attached hydrogens (tertiary/aromatic N) is 2. The predicted octanol–water partition coefficient (Wildman–Crippen LogP) is 4.96. The van der Waals surface area contributed by atoms with Gasteiger partial charge < -0.3 is 0 Å². The van der Waals surface area contributed by atoms with Crippen LogP contribution in [0.15, 0.2) is 71.5 Å². The smallest absolute Gasteiger partial charge is 0.0866 e. The lowest BCUT2D eigenvalue weighted by molar-refractivity contribution is 0.880. The summed E-state index contributed by atoms with van der Waals surface area (Å²) < 4.78 is 2.86. The van der Waals surface area contributed by atoms with E-state index in [1.807, 2.05) is 71.7 Å². The van der Waals surface area contributed by atoms with E-state index in [1.165, 1.54) is 0 Å². The fraction of sp³-hybridized carbons (Fsp3) is 0.0625. The maximum absolute atomic E-state index is 6.53. The molecule has 1 unspecified atom stereocenters. The third-order valence-corrected chi connectivity index (χ3v) is 4.05. The molecule has 4 heteroatoms. The van der Waals surface area contributed by atoms with Crippen LogP contribution in [0.3, 0.4) is 0 Å². The van der Waals surface area contributed by atoms with Gasteiger partial charge in [-0.1, -0.05) is 46.3 Å². The van der Waals surface area contributed by atoms with Gasteiger partial charge in [0.25, 0.3) is 0 Å². The van der Waals surface area contributed by atoms with Crippen molar-refractivity contribution in [2.45, 2.75) is 5.38 Å². The van der Waals surface area contributed by atoms with Gasteiger partial charge in [-0.05, 0) is 29.8 Å². The molecule has 0 bridgehead atoms. The summed E-state index contributed by atoms with van der Waals surface area (Å²) in [7, 11) is 0. The van der Waals surface area contributed by atoms with E-state index in [-0.39, 0.29) is 5.38 Å². The van der Waals surface area contributed by atoms with Crippen molar-refractivity contribution in [2.75, 3.05) is 0 Å². The Bertz CT molecular complexity index is 709. The largest absolute Gasteiger partial charge is 0.241 e. The zero-order valence-electron chi connectivity index (χ0n) is 10.6. The molecule has 2 aromatic carbocycles. The van der Waals surface area contributed by atoms with Crippen molar-refractivity contribution in [3.05, 3.63) is 82.6 Å². The highest BCUT2D eigenvalue weighted by Crippen LogP contribution is 2.30. The molecule has 0 spiro atoms. The molecular weight excluding hydrogens is 336 g/mol. The summed E-state index contributed by atoms with van der Waals surface area (Å²) in [6.45, 7) is 0. The monoisotopic (exact) mass is 346 g/mol. The SMILES string of the molecule is ClC(c1cccc(Br)c1)c1cnn(-c2ccccc2)c1. The number of para-hydroxylation sites is 1. The van der Waals surface area contributed by atoms with Gasteiger partial charge in [-0.15, -0.1) is 11.6 Å². The zero-order chi connectivity index (χ0) is 13.9. The molecule has 0 aliphatic carbocycles. The third-order valence-electron chi connectivity index (χ3n) is 3.06. The van der Waals surface area contributed by atoms with Crippen LogP contribution in [0.25, 0.3) is 5.69 Å². The number of hydrogen-bond acceptors (Lipinski definition) is 1. The summed E-state index contributed by atoms with van der Waals surface area (Å²) in [5.41, 5.74) is 3.05. The van der Waals surface area contributed by atoms with Gasteiger partial charge in [-0.3, -0.25) is 0 Å². The van der Waals surface area contributed by atoms with Gasteiger partial charge in [0, 0.05) is 16.2 Å². The first-order valence-electron chi connectivity index (χ1n) is 6.23. The molecule has 1 atom stereocenters. The molecule has 0 fully saturated rings. The van der Waals surface area contributed by atoms with Crippen molar-refractivity contribution in [1.29, 1.82) is 0 Å². The molecule has 0 saturated carbocycles. The highest BCUT2D eigenvalue weighted by Gasteiger charge is 2.13. The van der Waals surface area contributed by atoms with Gasteiger partial charge in [0.05, 0.1) is 17.3 Å². The molecule has 3 aromatic rings. The predicted molar refractivity (Wildman–Crippen MR) is 85.4 cm³/mol. The molecule has 0 saturated heterocycles. The van der Waals surface area contributed by atoms with E-state index in [1.54, 1.807) is 0 Å². The minimum atomic E-state index is -0.204. The van der Waals surface area contributed by atoms with E-state index in [9.17, 15) is 0 Å². The normalized spacial score (nSPS) is 12.3. The summed E-state index contributed by atoms with van der Waals surface area (Å²) in [4.78, 5) is 0. The number of alkyl halides is 1. The van der Waals surface area contributed by atoms with Gasteiger partial charge in [-0.2, -0.15) is 5.10 Å². The van der Waals surface area contributed by atoms with Crippen LogP contribution in [0.5, 0.6) is 0 Å². The topological polar surface area (TPSA) is 17.8 Å². The molecule has 1 aromatic heterocycles. The Morgan fingerprint density at radius 2 is 1.80 bits per heavy atom. The van der Waals surface area contributed by atoms with Crippen LogP contribution in [0.4, 0.5) is 0 Å². The van der Waals surface area contributed by atoms with Crippen molar-refractivity contribution < 1.29 is 0 Å². The standard InChI is InChI=1S/C16H12BrClN2/c17-14-6-4-5-12(9-14)16(18)13-10-19-20(11-13)15-7-2-1-3-8-15/h1-11,16H. The fourth-order valence-electron chi connectivity index (χ4n) is 2.05. The Labute approximate surface area is 131 Å². The van der Waals surface area contributed by atoms with Crippen LogP contribution in [0.2, 0.25) is 0 Å². The first-order chi connectivity index (χ1) is 9.74. The second kappa shape index (κ2) is 5.81. The Morgan fingerprint density at radius 1 is 1.00 bits per heavy atom. The van der Waals surface area contributed by atoms with Gasteiger partial charge in [-0.25, -0.2) is 4.68 Å². The second-order valence-corrected chi connectivity index (χ2v) is 5.82. The molecule has 3 rings (SSSR count). The number of aromatic nitrogens is 2. The molecule has 100 valence electrons. The van der Waals surface area contributed by atoms with Gasteiger partial charge in [0.2, 0.25) is 0 Å². The maximum atomic E-state index is 6.53. The van der Waals surface area contributed by atoms with Crippen molar-refractivity contribution in [3.8, 4) is 5.69 Å². The van der Waals surface area contributed by atoms with Gasteiger partial charge in [0.1, 0.15) is 0 Å². The maximum Gasteiger partial charge on any atom is 0.0866 e. The summed E-state index contributed by atoms with van der Waals surface area (Å²) in [5, 5.41) is 4.17. The molecule has 0 aliphatic heterocycles. The summed E-state index contributed by atoms with van der Waals surface area (Å²) in [5.74, 6) is 0. The van der Waals surface area contributed by atoms with E-state index in [2.05, 4.69) is 21.0 Å². The molecule has 1 heterocycles. The average molecular weight is 348 g/mol. The lowest BCUT2D eigenvalue weighted by Gasteiger charge is -2.07. The number of halogens is 2. The van der Waals surface area contributed by atoms with Crippen LogP contribution < -0.4 is 0 Å². The highest BCUT2D eigenvalue weighted by molar-refractivity contribution is 9.10. The molecule has 2 nitrogen and oxygen atoms in total. The lowest BCUT2D eigenvalue weighted by atomic mass is 10.1. The van der Waals surface area contributed by atoms with E-state index in [0.717, 1.165) is 21.3 Å². The Morgan fingerprint density at radius 3 is 2.55 bits per heavy atom. The molecule has 0 radical (unpaired) electrons. The van der Waals surface area contributed by atoms with Crippen molar-refractivity contribution in [2.24, 2.45) is 0 Å². The first kappa shape index (κ1) is 13.4. The zero-order valence-corrected chi connectivity index (χ0v) is 12.9. The Kier molecular flexibility index (Phi) is 3.90. The molecule has 0 N–H and O–H groups in total. The number of rotatable bonds is 3. The number of benzene rings is 2. The van der Waals surface area contributed by atoms with E-state index in [0.29, 0.717) is 0 Å². The fourth-order valence-corrected chi connectivity index (χ4v) is 2.71. The van der Waals surface area contributed by atoms with E-state index < -0.39 is 0 Å². The Hall–Kier alpha value is -1.58. The van der Waals surface area contributed by atoms with Crippen molar-refractivity contribution in [1.82, 2.24) is 9.78 Å². The van der Waals surface area contributed by atoms with Crippen LogP contribution >= 0.6 is 27.5 Å². The van der Waals surface area contributed by atoms with E-state index >= 15 is 0 Å². The van der Waals surface area contributed by atoms with Gasteiger partial charge in [0.15, 0.2) is 0 Å². The van der Waals surface area contributed by atoms with Crippen LogP contribution in [-0.4, -0.2) is 9.78 Å². The van der Waals surface area contributed by atoms with Gasteiger partial charge >= 0.3 is 0 Å². The molecule has 0 amide bonds. The molecule has 0 aliphatic rings. The summed E-state index contributed by atoms with van der Waals surface area (Å²) >= 11 is 10.00. The molecular formula is C16H12BrClN2. The second-order valence-electron chi connectivity index (χ2n) is 4.47.